The Morgan fingerprint density at radius 3 is 2.33 bits per heavy atom. The molecule has 0 heterocycles. The number of hydrogen-bond donors (Lipinski definition) is 1. The van der Waals surface area contributed by atoms with Crippen molar-refractivity contribution in [2.24, 2.45) is 0 Å². The van der Waals surface area contributed by atoms with E-state index in [0.717, 1.165) is 19.1 Å². The third kappa shape index (κ3) is 5.71. The van der Waals surface area contributed by atoms with Crippen molar-refractivity contribution in [3.63, 3.8) is 0 Å². The van der Waals surface area contributed by atoms with E-state index in [-0.39, 0.29) is 39.2 Å². The lowest BCUT2D eigenvalue weighted by atomic mass is 10.1. The van der Waals surface area contributed by atoms with Gasteiger partial charge in [-0.05, 0) is 42.3 Å². The van der Waals surface area contributed by atoms with Crippen molar-refractivity contribution in [3.05, 3.63) is 52.8 Å². The summed E-state index contributed by atoms with van der Waals surface area (Å²) in [6.45, 7) is 4.15. The van der Waals surface area contributed by atoms with Crippen molar-refractivity contribution in [2.45, 2.75) is 37.3 Å². The Bertz CT molecular complexity index is 1170. The number of sulfone groups is 1. The van der Waals surface area contributed by atoms with Gasteiger partial charge in [0, 0.05) is 13.0 Å². The van der Waals surface area contributed by atoms with Crippen LogP contribution in [0.3, 0.4) is 0 Å². The Hall–Kier alpha value is -2.17. The molecule has 11 heteroatoms. The van der Waals surface area contributed by atoms with Crippen molar-refractivity contribution in [2.75, 3.05) is 5.75 Å². The van der Waals surface area contributed by atoms with Crippen LogP contribution in [-0.2, 0) is 24.7 Å². The molecule has 0 aliphatic heterocycles. The molecule has 0 saturated heterocycles. The van der Waals surface area contributed by atoms with E-state index in [0.29, 0.717) is 0 Å². The Balaban J connectivity index is 2.41. The normalized spacial score (nSPS) is 13.0. The number of halogens is 2. The zero-order valence-electron chi connectivity index (χ0n) is 16.5. The Morgan fingerprint density at radius 2 is 1.80 bits per heavy atom. The van der Waals surface area contributed by atoms with Gasteiger partial charge in [-0.15, -0.1) is 0 Å². The quantitative estimate of drug-likeness (QED) is 0.616. The first-order valence-corrected chi connectivity index (χ1v) is 12.5. The van der Waals surface area contributed by atoms with Gasteiger partial charge in [-0.1, -0.05) is 25.4 Å². The van der Waals surface area contributed by atoms with Crippen molar-refractivity contribution >= 4 is 37.4 Å². The molecule has 0 aliphatic rings. The molecule has 1 unspecified atom stereocenters. The Morgan fingerprint density at radius 1 is 1.13 bits per heavy atom. The number of carbonyl (C=O) groups excluding carboxylic acids is 1. The predicted molar refractivity (Wildman–Crippen MR) is 111 cm³/mol. The summed E-state index contributed by atoms with van der Waals surface area (Å²) in [5.41, 5.74) is 0.0857. The van der Waals surface area contributed by atoms with Crippen LogP contribution in [0.4, 0.5) is 4.39 Å². The fourth-order valence-corrected chi connectivity index (χ4v) is 5.45. The smallest absolute Gasteiger partial charge is 0.241 e. The number of nitrogens with one attached hydrogen (secondary N) is 1. The first-order valence-electron chi connectivity index (χ1n) is 8.92. The van der Waals surface area contributed by atoms with Gasteiger partial charge in [0.15, 0.2) is 9.84 Å². The fourth-order valence-electron chi connectivity index (χ4n) is 2.79. The summed E-state index contributed by atoms with van der Waals surface area (Å²) in [5, 5.41) is -1.19. The summed E-state index contributed by atoms with van der Waals surface area (Å²) in [7, 11) is -7.54. The molecule has 0 fully saturated rings. The molecule has 0 aliphatic carbocycles. The van der Waals surface area contributed by atoms with E-state index < -0.39 is 36.8 Å². The second kappa shape index (κ2) is 9.32. The number of sulfonamides is 1. The molecule has 30 heavy (non-hydrogen) atoms. The maximum atomic E-state index is 14.2. The van der Waals surface area contributed by atoms with Gasteiger partial charge in [0.1, 0.15) is 22.6 Å². The topological polar surface area (TPSA) is 107 Å². The van der Waals surface area contributed by atoms with Crippen LogP contribution in [-0.4, -0.2) is 28.5 Å². The van der Waals surface area contributed by atoms with Crippen LogP contribution in [0.5, 0.6) is 11.5 Å². The maximum Gasteiger partial charge on any atom is 0.241 e. The molecule has 2 aromatic carbocycles. The number of ether oxygens (including phenoxy) is 1. The van der Waals surface area contributed by atoms with E-state index in [9.17, 15) is 26.0 Å². The molecule has 164 valence electrons. The van der Waals surface area contributed by atoms with Crippen LogP contribution in [0.2, 0.25) is 5.02 Å². The van der Waals surface area contributed by atoms with Crippen LogP contribution >= 0.6 is 11.6 Å². The lowest BCUT2D eigenvalue weighted by Crippen LogP contribution is -2.32. The zero-order chi connectivity index (χ0) is 22.7. The zero-order valence-corrected chi connectivity index (χ0v) is 18.9. The largest absolute Gasteiger partial charge is 0.456 e. The third-order valence-electron chi connectivity index (χ3n) is 4.17. The van der Waals surface area contributed by atoms with Gasteiger partial charge < -0.3 is 4.74 Å². The number of carbonyl (C=O) groups is 1. The molecule has 7 nitrogen and oxygen atoms in total. The summed E-state index contributed by atoms with van der Waals surface area (Å²) in [6, 6.07) is 7.28. The van der Waals surface area contributed by atoms with Crippen LogP contribution in [0.25, 0.3) is 0 Å². The minimum Gasteiger partial charge on any atom is -0.456 e. The number of amides is 1. The van der Waals surface area contributed by atoms with Crippen molar-refractivity contribution in [3.8, 4) is 11.5 Å². The number of hydrogen-bond acceptors (Lipinski definition) is 6. The standard InChI is InChI=1S/C19H21ClFNO6S2/c1-4-19(30(26,27)22-12(3)23)13-8-14(21)10-15(9-13)28-18-7-6-16(11-17(18)20)29(24,25)5-2/h6-11,19H,4-5H2,1-3H3,(H,22,23). The van der Waals surface area contributed by atoms with E-state index in [4.69, 9.17) is 16.3 Å². The highest BCUT2D eigenvalue weighted by atomic mass is 35.5. The molecule has 0 radical (unpaired) electrons. The molecule has 1 N–H and O–H groups in total. The monoisotopic (exact) mass is 477 g/mol. The van der Waals surface area contributed by atoms with Crippen LogP contribution < -0.4 is 9.46 Å². The van der Waals surface area contributed by atoms with Gasteiger partial charge in [-0.2, -0.15) is 0 Å². The predicted octanol–water partition coefficient (Wildman–Crippen LogP) is 3.98. The molecule has 0 saturated carbocycles. The van der Waals surface area contributed by atoms with Crippen LogP contribution in [0.1, 0.15) is 38.0 Å². The average Bonchev–Trinajstić information content (AvgIpc) is 2.62. The fraction of sp³-hybridized carbons (Fsp3) is 0.316. The van der Waals surface area contributed by atoms with E-state index in [1.54, 1.807) is 6.92 Å². The lowest BCUT2D eigenvalue weighted by molar-refractivity contribution is -0.117. The van der Waals surface area contributed by atoms with Crippen LogP contribution in [0.15, 0.2) is 41.3 Å². The van der Waals surface area contributed by atoms with Crippen LogP contribution in [0, 0.1) is 5.82 Å². The van der Waals surface area contributed by atoms with Crippen molar-refractivity contribution in [1.29, 1.82) is 0 Å². The molecule has 1 amide bonds. The van der Waals surface area contributed by atoms with Gasteiger partial charge in [0.2, 0.25) is 15.9 Å². The van der Waals surface area contributed by atoms with E-state index >= 15 is 0 Å². The van der Waals surface area contributed by atoms with Gasteiger partial charge in [0.05, 0.1) is 15.7 Å². The Labute approximate surface area is 180 Å². The molecular weight excluding hydrogens is 457 g/mol. The number of rotatable bonds is 8. The summed E-state index contributed by atoms with van der Waals surface area (Å²) >= 11 is 6.12. The summed E-state index contributed by atoms with van der Waals surface area (Å²) in [6.07, 6.45) is 0.0792. The Kier molecular flexibility index (Phi) is 7.49. The van der Waals surface area contributed by atoms with E-state index in [2.05, 4.69) is 0 Å². The molecule has 0 bridgehead atoms. The highest BCUT2D eigenvalue weighted by Gasteiger charge is 2.27. The molecular formula is C19H21ClFNO6S2. The van der Waals surface area contributed by atoms with Gasteiger partial charge in [-0.3, -0.25) is 9.52 Å². The molecule has 2 rings (SSSR count). The van der Waals surface area contributed by atoms with E-state index in [1.165, 1.54) is 31.2 Å². The lowest BCUT2D eigenvalue weighted by Gasteiger charge is -2.18. The second-order valence-corrected chi connectivity index (χ2v) is 11.0. The van der Waals surface area contributed by atoms with Gasteiger partial charge in [0.25, 0.3) is 0 Å². The SMILES string of the molecule is CCC(c1cc(F)cc(Oc2ccc(S(=O)(=O)CC)cc2Cl)c1)S(=O)(=O)NC(C)=O. The average molecular weight is 478 g/mol. The van der Waals surface area contributed by atoms with Crippen molar-refractivity contribution in [1.82, 2.24) is 4.72 Å². The first kappa shape index (κ1) is 24.1. The highest BCUT2D eigenvalue weighted by molar-refractivity contribution is 7.91. The highest BCUT2D eigenvalue weighted by Crippen LogP contribution is 2.34. The molecule has 2 aromatic rings. The molecule has 0 spiro atoms. The second-order valence-electron chi connectivity index (χ2n) is 6.42. The minimum atomic E-state index is -4.08. The summed E-state index contributed by atoms with van der Waals surface area (Å²) in [5.74, 6) is -1.57. The molecule has 1 atom stereocenters. The van der Waals surface area contributed by atoms with Crippen molar-refractivity contribution < 1.29 is 30.8 Å². The van der Waals surface area contributed by atoms with E-state index in [1.807, 2.05) is 4.72 Å². The van der Waals surface area contributed by atoms with Gasteiger partial charge in [-0.25, -0.2) is 21.2 Å². The number of benzene rings is 2. The molecule has 0 aromatic heterocycles. The van der Waals surface area contributed by atoms with Gasteiger partial charge >= 0.3 is 0 Å². The summed E-state index contributed by atoms with van der Waals surface area (Å²) in [4.78, 5) is 11.2. The first-order chi connectivity index (χ1) is 13.9. The summed E-state index contributed by atoms with van der Waals surface area (Å²) < 4.78 is 70.3. The maximum absolute atomic E-state index is 14.2. The third-order valence-corrected chi connectivity index (χ3v) is 8.12. The minimum absolute atomic E-state index is 0.00625.